The fourth-order valence-corrected chi connectivity index (χ4v) is 2.35. The van der Waals surface area contributed by atoms with Gasteiger partial charge in [0.25, 0.3) is 0 Å². The second-order valence-corrected chi connectivity index (χ2v) is 5.83. The summed E-state index contributed by atoms with van der Waals surface area (Å²) in [5.41, 5.74) is 4.57. The molecule has 0 bridgehead atoms. The molecule has 3 aromatic carbocycles. The van der Waals surface area contributed by atoms with Crippen molar-refractivity contribution >= 4 is 13.3 Å². The molecule has 0 radical (unpaired) electrons. The summed E-state index contributed by atoms with van der Waals surface area (Å²) < 4.78 is 14.6. The second-order valence-electron chi connectivity index (χ2n) is 5.83. The van der Waals surface area contributed by atoms with E-state index in [-0.39, 0.29) is 5.82 Å². The number of hydrogen-bond acceptors (Lipinski definition) is 0. The Balaban J connectivity index is 1.89. The largest absolute Gasteiger partial charge is 0.205 e. The molecule has 2 heteroatoms. The van der Waals surface area contributed by atoms with Crippen LogP contribution in [0.5, 0.6) is 0 Å². The van der Waals surface area contributed by atoms with Crippen molar-refractivity contribution in [1.29, 1.82) is 0 Å². The van der Waals surface area contributed by atoms with Crippen molar-refractivity contribution in [3.63, 3.8) is 0 Å². The van der Waals surface area contributed by atoms with Gasteiger partial charge in [0.1, 0.15) is 13.7 Å². The zero-order valence-electron chi connectivity index (χ0n) is 14.2. The molecule has 0 saturated heterocycles. The number of rotatable bonds is 0. The Morgan fingerprint density at radius 1 is 0.680 bits per heavy atom. The van der Waals surface area contributed by atoms with Gasteiger partial charge >= 0.3 is 0 Å². The molecule has 0 aliphatic rings. The van der Waals surface area contributed by atoms with Crippen molar-refractivity contribution in [2.24, 2.45) is 0 Å². The van der Waals surface area contributed by atoms with Crippen molar-refractivity contribution < 1.29 is 4.39 Å². The summed E-state index contributed by atoms with van der Waals surface area (Å²) in [7, 11) is 2.03. The quantitative estimate of drug-likeness (QED) is 0.440. The molecule has 0 N–H and O–H groups in total. The third-order valence-corrected chi connectivity index (χ3v) is 3.89. The number of hydrogen-bond donors (Lipinski definition) is 0. The minimum Gasteiger partial charge on any atom is -0.205 e. The van der Waals surface area contributed by atoms with Crippen LogP contribution in [0.15, 0.2) is 66.7 Å². The Bertz CT molecular complexity index is 1010. The fraction of sp³-hybridized carbons (Fsp3) is 0.0435. The maximum Gasteiger partial charge on any atom is 0.142 e. The predicted octanol–water partition coefficient (Wildman–Crippen LogP) is 3.19. The minimum atomic E-state index is -0.306. The molecule has 0 saturated carbocycles. The average molecular weight is 322 g/mol. The average Bonchev–Trinajstić information content (AvgIpc) is 2.64. The van der Waals surface area contributed by atoms with Gasteiger partial charge in [-0.25, -0.2) is 4.39 Å². The van der Waals surface area contributed by atoms with E-state index < -0.39 is 0 Å². The molecule has 0 amide bonds. The summed E-state index contributed by atoms with van der Waals surface area (Å²) >= 11 is 0. The minimum absolute atomic E-state index is 0.306. The van der Waals surface area contributed by atoms with Crippen LogP contribution in [0.2, 0.25) is 0 Å². The first-order chi connectivity index (χ1) is 12.1. The predicted molar refractivity (Wildman–Crippen MR) is 104 cm³/mol. The Kier molecular flexibility index (Phi) is 5.03. The zero-order chi connectivity index (χ0) is 17.6. The van der Waals surface area contributed by atoms with Gasteiger partial charge in [0.2, 0.25) is 0 Å². The first kappa shape index (κ1) is 16.6. The molecule has 0 unspecified atom stereocenters. The lowest BCUT2D eigenvalue weighted by atomic mass is 9.95. The molecule has 0 aliphatic carbocycles. The van der Waals surface area contributed by atoms with Crippen LogP contribution < -0.4 is 5.46 Å². The van der Waals surface area contributed by atoms with Crippen LogP contribution in [0.3, 0.4) is 0 Å². The first-order valence-electron chi connectivity index (χ1n) is 8.08. The van der Waals surface area contributed by atoms with Crippen molar-refractivity contribution in [1.82, 2.24) is 0 Å². The van der Waals surface area contributed by atoms with E-state index in [2.05, 4.69) is 23.7 Å². The van der Waals surface area contributed by atoms with E-state index in [0.29, 0.717) is 16.7 Å². The summed E-state index contributed by atoms with van der Waals surface area (Å²) in [5, 5.41) is 0. The van der Waals surface area contributed by atoms with E-state index in [0.717, 1.165) is 11.1 Å². The Morgan fingerprint density at radius 3 is 1.92 bits per heavy atom. The van der Waals surface area contributed by atoms with E-state index in [1.165, 1.54) is 5.46 Å². The molecule has 25 heavy (non-hydrogen) atoms. The molecule has 0 aliphatic heterocycles. The molecule has 0 nitrogen and oxygen atoms in total. The maximum absolute atomic E-state index is 14.6. The molecule has 0 aromatic heterocycles. The van der Waals surface area contributed by atoms with Crippen LogP contribution in [0.4, 0.5) is 4.39 Å². The van der Waals surface area contributed by atoms with Crippen LogP contribution in [-0.2, 0) is 0 Å². The van der Waals surface area contributed by atoms with E-state index in [9.17, 15) is 4.39 Å². The van der Waals surface area contributed by atoms with Gasteiger partial charge in [-0.2, -0.15) is 0 Å². The number of benzene rings is 3. The SMILES string of the molecule is Bc1ccc(C#Cc2ccc(C#Cc3ccccc3)c(F)c2C)cc1. The molecule has 0 spiro atoms. The standard InChI is InChI=1S/C23H16BF/c1-17-20(11-7-19-9-15-22(24)16-10-19)13-14-21(23(17)25)12-8-18-5-3-2-4-6-18/h2-6,9-10,13-16H,24H2,1H3. The van der Waals surface area contributed by atoms with Crippen LogP contribution in [0.1, 0.15) is 27.8 Å². The van der Waals surface area contributed by atoms with Gasteiger partial charge in [0.05, 0.1) is 5.56 Å². The summed E-state index contributed by atoms with van der Waals surface area (Å²) in [5.74, 6) is 11.7. The van der Waals surface area contributed by atoms with E-state index in [1.807, 2.05) is 68.5 Å². The molecule has 3 rings (SSSR count). The van der Waals surface area contributed by atoms with Gasteiger partial charge in [-0.3, -0.25) is 0 Å². The summed E-state index contributed by atoms with van der Waals surface area (Å²) in [6, 6.07) is 21.0. The van der Waals surface area contributed by atoms with Crippen molar-refractivity contribution in [2.75, 3.05) is 0 Å². The van der Waals surface area contributed by atoms with Gasteiger partial charge < -0.3 is 0 Å². The van der Waals surface area contributed by atoms with Crippen molar-refractivity contribution in [3.05, 3.63) is 100 Å². The molecular formula is C23H16BF. The van der Waals surface area contributed by atoms with Crippen LogP contribution >= 0.6 is 0 Å². The van der Waals surface area contributed by atoms with Crippen molar-refractivity contribution in [3.8, 4) is 23.7 Å². The highest BCUT2D eigenvalue weighted by molar-refractivity contribution is 6.32. The molecule has 0 heterocycles. The second kappa shape index (κ2) is 7.56. The van der Waals surface area contributed by atoms with Crippen molar-refractivity contribution in [2.45, 2.75) is 6.92 Å². The lowest BCUT2D eigenvalue weighted by Crippen LogP contribution is -1.99. The highest BCUT2D eigenvalue weighted by Crippen LogP contribution is 2.16. The third-order valence-electron chi connectivity index (χ3n) is 3.89. The summed E-state index contributed by atoms with van der Waals surface area (Å²) in [6.07, 6.45) is 0. The first-order valence-corrected chi connectivity index (χ1v) is 8.08. The monoisotopic (exact) mass is 322 g/mol. The van der Waals surface area contributed by atoms with Gasteiger partial charge in [0.15, 0.2) is 0 Å². The Morgan fingerprint density at radius 2 is 1.24 bits per heavy atom. The molecule has 0 atom stereocenters. The van der Waals surface area contributed by atoms with Gasteiger partial charge in [-0.1, -0.05) is 59.5 Å². The molecule has 0 fully saturated rings. The highest BCUT2D eigenvalue weighted by atomic mass is 19.1. The molecule has 118 valence electrons. The highest BCUT2D eigenvalue weighted by Gasteiger charge is 2.06. The maximum atomic E-state index is 14.6. The van der Waals surface area contributed by atoms with E-state index in [4.69, 9.17) is 0 Å². The van der Waals surface area contributed by atoms with E-state index >= 15 is 0 Å². The number of halogens is 1. The Hall–Kier alpha value is -3.23. The van der Waals surface area contributed by atoms with E-state index in [1.54, 1.807) is 13.0 Å². The summed E-state index contributed by atoms with van der Waals surface area (Å²) in [6.45, 7) is 1.74. The van der Waals surface area contributed by atoms with Crippen LogP contribution in [0.25, 0.3) is 0 Å². The van der Waals surface area contributed by atoms with Gasteiger partial charge in [-0.15, -0.1) is 0 Å². The lowest BCUT2D eigenvalue weighted by Gasteiger charge is -2.02. The summed E-state index contributed by atoms with van der Waals surface area (Å²) in [4.78, 5) is 0. The van der Waals surface area contributed by atoms with Gasteiger partial charge in [0, 0.05) is 22.3 Å². The topological polar surface area (TPSA) is 0 Å². The normalized spacial score (nSPS) is 9.52. The van der Waals surface area contributed by atoms with Crippen LogP contribution in [0, 0.1) is 36.4 Å². The van der Waals surface area contributed by atoms with Crippen LogP contribution in [-0.4, -0.2) is 7.85 Å². The zero-order valence-corrected chi connectivity index (χ0v) is 14.2. The fourth-order valence-electron chi connectivity index (χ4n) is 2.35. The molecular weight excluding hydrogens is 306 g/mol. The third kappa shape index (κ3) is 4.20. The smallest absolute Gasteiger partial charge is 0.142 e. The lowest BCUT2D eigenvalue weighted by molar-refractivity contribution is 0.614. The molecule has 3 aromatic rings. The van der Waals surface area contributed by atoms with Gasteiger partial charge in [-0.05, 0) is 43.3 Å². The Labute approximate surface area is 149 Å².